The van der Waals surface area contributed by atoms with Gasteiger partial charge in [-0.05, 0) is 12.1 Å². The van der Waals surface area contributed by atoms with Gasteiger partial charge in [0.1, 0.15) is 28.4 Å². The summed E-state index contributed by atoms with van der Waals surface area (Å²) in [6.45, 7) is 0. The van der Waals surface area contributed by atoms with Crippen LogP contribution in [-0.2, 0) is 0 Å². The summed E-state index contributed by atoms with van der Waals surface area (Å²) < 4.78 is 13.4. The number of anilines is 3. The second kappa shape index (κ2) is 4.85. The second-order valence-corrected chi connectivity index (χ2v) is 3.72. The number of halogens is 2. The molecular formula is C11H7ClFN5. The Morgan fingerprint density at radius 3 is 2.83 bits per heavy atom. The molecular weight excluding hydrogens is 257 g/mol. The van der Waals surface area contributed by atoms with E-state index < -0.39 is 5.82 Å². The van der Waals surface area contributed by atoms with Crippen LogP contribution in [-0.4, -0.2) is 9.97 Å². The minimum absolute atomic E-state index is 0.0140. The Balaban J connectivity index is 2.40. The molecule has 1 aromatic heterocycles. The Morgan fingerprint density at radius 2 is 2.17 bits per heavy atom. The van der Waals surface area contributed by atoms with E-state index in [2.05, 4.69) is 15.3 Å². The van der Waals surface area contributed by atoms with Gasteiger partial charge in [-0.25, -0.2) is 9.37 Å². The predicted molar refractivity (Wildman–Crippen MR) is 65.9 cm³/mol. The fourth-order valence-corrected chi connectivity index (χ4v) is 1.57. The van der Waals surface area contributed by atoms with Crippen LogP contribution in [0.2, 0.25) is 5.15 Å². The van der Waals surface area contributed by atoms with Crippen LogP contribution in [0.25, 0.3) is 0 Å². The molecule has 0 spiro atoms. The lowest BCUT2D eigenvalue weighted by molar-refractivity contribution is 0.624. The summed E-state index contributed by atoms with van der Waals surface area (Å²) in [4.78, 5) is 7.56. The van der Waals surface area contributed by atoms with Crippen LogP contribution in [0.15, 0.2) is 24.3 Å². The number of nitriles is 1. The van der Waals surface area contributed by atoms with Gasteiger partial charge in [-0.3, -0.25) is 0 Å². The lowest BCUT2D eigenvalue weighted by atomic mass is 10.2. The molecule has 1 aromatic carbocycles. The smallest absolute Gasteiger partial charge is 0.223 e. The third kappa shape index (κ3) is 2.47. The standard InChI is InChI=1S/C11H7ClFN5/c12-9-4-10(18-11(15)17-9)16-8-3-1-2-7(13)6(8)5-14/h1-4H,(H3,15,16,17,18). The minimum atomic E-state index is -0.615. The molecule has 2 rings (SSSR count). The van der Waals surface area contributed by atoms with Crippen LogP contribution in [0.1, 0.15) is 5.56 Å². The third-order valence-corrected chi connectivity index (χ3v) is 2.29. The molecule has 0 aliphatic carbocycles. The molecule has 0 unspecified atom stereocenters. The van der Waals surface area contributed by atoms with Crippen LogP contribution < -0.4 is 11.1 Å². The fourth-order valence-electron chi connectivity index (χ4n) is 1.38. The summed E-state index contributed by atoms with van der Waals surface area (Å²) in [5.74, 6) is -0.342. The number of nitrogens with zero attached hydrogens (tertiary/aromatic N) is 3. The molecule has 1 heterocycles. The fraction of sp³-hybridized carbons (Fsp3) is 0. The van der Waals surface area contributed by atoms with Crippen molar-refractivity contribution in [2.24, 2.45) is 0 Å². The Bertz CT molecular complexity index is 618. The highest BCUT2D eigenvalue weighted by molar-refractivity contribution is 6.29. The Labute approximate surface area is 107 Å². The quantitative estimate of drug-likeness (QED) is 0.813. The van der Waals surface area contributed by atoms with Crippen molar-refractivity contribution in [1.82, 2.24) is 9.97 Å². The summed E-state index contributed by atoms with van der Waals surface area (Å²) in [5, 5.41) is 11.8. The average Bonchev–Trinajstić information content (AvgIpc) is 2.27. The number of nitrogens with one attached hydrogen (secondary N) is 1. The summed E-state index contributed by atoms with van der Waals surface area (Å²) in [6, 6.07) is 7.41. The van der Waals surface area contributed by atoms with Crippen molar-refractivity contribution in [2.45, 2.75) is 0 Å². The van der Waals surface area contributed by atoms with Gasteiger partial charge in [-0.2, -0.15) is 10.2 Å². The molecule has 0 saturated carbocycles. The van der Waals surface area contributed by atoms with Gasteiger partial charge >= 0.3 is 0 Å². The first kappa shape index (κ1) is 12.1. The molecule has 0 bridgehead atoms. The molecule has 7 heteroatoms. The first-order chi connectivity index (χ1) is 8.60. The van der Waals surface area contributed by atoms with Crippen LogP contribution in [0.5, 0.6) is 0 Å². The van der Waals surface area contributed by atoms with E-state index in [1.165, 1.54) is 18.2 Å². The zero-order valence-electron chi connectivity index (χ0n) is 8.98. The number of aromatic nitrogens is 2. The van der Waals surface area contributed by atoms with E-state index in [1.54, 1.807) is 12.1 Å². The van der Waals surface area contributed by atoms with Gasteiger partial charge in [-0.15, -0.1) is 0 Å². The molecule has 0 saturated heterocycles. The number of hydrogen-bond donors (Lipinski definition) is 2. The Kier molecular flexibility index (Phi) is 3.26. The van der Waals surface area contributed by atoms with Crippen LogP contribution in [0.3, 0.4) is 0 Å². The van der Waals surface area contributed by atoms with E-state index in [-0.39, 0.29) is 28.2 Å². The predicted octanol–water partition coefficient (Wildman–Crippen LogP) is 2.47. The van der Waals surface area contributed by atoms with Gasteiger partial charge < -0.3 is 11.1 Å². The lowest BCUT2D eigenvalue weighted by Gasteiger charge is -2.08. The van der Waals surface area contributed by atoms with Gasteiger partial charge in [-0.1, -0.05) is 17.7 Å². The first-order valence-corrected chi connectivity index (χ1v) is 5.23. The highest BCUT2D eigenvalue weighted by Gasteiger charge is 2.09. The van der Waals surface area contributed by atoms with Gasteiger partial charge in [0.2, 0.25) is 5.95 Å². The van der Waals surface area contributed by atoms with E-state index in [1.807, 2.05) is 0 Å². The molecule has 0 aliphatic heterocycles. The Morgan fingerprint density at radius 1 is 1.39 bits per heavy atom. The topological polar surface area (TPSA) is 87.6 Å². The minimum Gasteiger partial charge on any atom is -0.368 e. The molecule has 5 nitrogen and oxygen atoms in total. The van der Waals surface area contributed by atoms with Gasteiger partial charge in [0.15, 0.2) is 0 Å². The lowest BCUT2D eigenvalue weighted by Crippen LogP contribution is -2.02. The van der Waals surface area contributed by atoms with Crippen molar-refractivity contribution < 1.29 is 4.39 Å². The van der Waals surface area contributed by atoms with Gasteiger partial charge in [0.25, 0.3) is 0 Å². The third-order valence-electron chi connectivity index (χ3n) is 2.10. The van der Waals surface area contributed by atoms with Crippen molar-refractivity contribution >= 4 is 29.1 Å². The number of hydrogen-bond acceptors (Lipinski definition) is 5. The van der Waals surface area contributed by atoms with Crippen molar-refractivity contribution in [3.8, 4) is 6.07 Å². The van der Waals surface area contributed by atoms with Crippen molar-refractivity contribution in [3.63, 3.8) is 0 Å². The van der Waals surface area contributed by atoms with Gasteiger partial charge in [0.05, 0.1) is 5.69 Å². The van der Waals surface area contributed by atoms with Crippen LogP contribution in [0, 0.1) is 17.1 Å². The van der Waals surface area contributed by atoms with Gasteiger partial charge in [0, 0.05) is 6.07 Å². The monoisotopic (exact) mass is 263 g/mol. The first-order valence-electron chi connectivity index (χ1n) is 4.86. The molecule has 0 radical (unpaired) electrons. The van der Waals surface area contributed by atoms with E-state index in [9.17, 15) is 4.39 Å². The summed E-state index contributed by atoms with van der Waals surface area (Å²) >= 11 is 5.71. The van der Waals surface area contributed by atoms with Crippen LogP contribution >= 0.6 is 11.6 Å². The molecule has 3 N–H and O–H groups in total. The Hall–Kier alpha value is -2.39. The van der Waals surface area contributed by atoms with E-state index in [0.717, 1.165) is 0 Å². The molecule has 2 aromatic rings. The zero-order chi connectivity index (χ0) is 13.1. The summed E-state index contributed by atoms with van der Waals surface area (Å²) in [7, 11) is 0. The second-order valence-electron chi connectivity index (χ2n) is 3.33. The van der Waals surface area contributed by atoms with E-state index in [4.69, 9.17) is 22.6 Å². The maximum atomic E-state index is 13.4. The molecule has 0 aliphatic rings. The number of nitrogens with two attached hydrogens (primary N) is 1. The largest absolute Gasteiger partial charge is 0.368 e. The zero-order valence-corrected chi connectivity index (χ0v) is 9.74. The molecule has 0 fully saturated rings. The average molecular weight is 264 g/mol. The van der Waals surface area contributed by atoms with Crippen molar-refractivity contribution in [3.05, 3.63) is 40.8 Å². The van der Waals surface area contributed by atoms with Crippen molar-refractivity contribution in [1.29, 1.82) is 5.26 Å². The number of rotatable bonds is 2. The molecule has 0 amide bonds. The summed E-state index contributed by atoms with van der Waals surface area (Å²) in [5.41, 5.74) is 5.61. The SMILES string of the molecule is N#Cc1c(F)cccc1Nc1cc(Cl)nc(N)n1. The van der Waals surface area contributed by atoms with E-state index >= 15 is 0 Å². The maximum Gasteiger partial charge on any atom is 0.223 e. The van der Waals surface area contributed by atoms with Crippen LogP contribution in [0.4, 0.5) is 21.8 Å². The highest BCUT2D eigenvalue weighted by atomic mass is 35.5. The van der Waals surface area contributed by atoms with E-state index in [0.29, 0.717) is 0 Å². The maximum absolute atomic E-state index is 13.4. The molecule has 18 heavy (non-hydrogen) atoms. The molecule has 0 atom stereocenters. The summed E-state index contributed by atoms with van der Waals surface area (Å²) in [6.07, 6.45) is 0. The normalized spacial score (nSPS) is 9.83. The molecule has 90 valence electrons. The highest BCUT2D eigenvalue weighted by Crippen LogP contribution is 2.23. The van der Waals surface area contributed by atoms with Crippen molar-refractivity contribution in [2.75, 3.05) is 11.1 Å². The number of benzene rings is 1. The number of nitrogen functional groups attached to an aromatic ring is 1.